The van der Waals surface area contributed by atoms with Crippen LogP contribution in [0.25, 0.3) is 0 Å². The first-order valence-electron chi connectivity index (χ1n) is 7.15. The van der Waals surface area contributed by atoms with Crippen LogP contribution < -0.4 is 15.8 Å². The topological polar surface area (TPSA) is 82.2 Å². The molecule has 2 rings (SSSR count). The lowest BCUT2D eigenvalue weighted by Gasteiger charge is -2.19. The highest BCUT2D eigenvalue weighted by atomic mass is 35.5. The molecule has 0 aromatic carbocycles. The smallest absolute Gasteiger partial charge is 0.258 e. The van der Waals surface area contributed by atoms with Crippen LogP contribution in [-0.4, -0.2) is 34.9 Å². The number of aryl methyl sites for hydroxylation is 2. The van der Waals surface area contributed by atoms with Gasteiger partial charge in [0.25, 0.3) is 5.91 Å². The van der Waals surface area contributed by atoms with E-state index in [1.807, 2.05) is 20.9 Å². The van der Waals surface area contributed by atoms with E-state index >= 15 is 0 Å². The molecule has 120 valence electrons. The van der Waals surface area contributed by atoms with Crippen molar-refractivity contribution in [2.75, 3.05) is 13.2 Å². The minimum Gasteiger partial charge on any atom is -0.480 e. The molecule has 0 spiro atoms. The van der Waals surface area contributed by atoms with Crippen molar-refractivity contribution in [1.82, 2.24) is 15.1 Å². The van der Waals surface area contributed by atoms with Gasteiger partial charge in [0.1, 0.15) is 5.69 Å². The number of amides is 1. The van der Waals surface area contributed by atoms with Gasteiger partial charge >= 0.3 is 0 Å². The molecule has 0 saturated heterocycles. The molecule has 0 aliphatic heterocycles. The van der Waals surface area contributed by atoms with Crippen molar-refractivity contribution < 1.29 is 9.53 Å². The van der Waals surface area contributed by atoms with E-state index in [2.05, 4.69) is 10.4 Å². The van der Waals surface area contributed by atoms with Gasteiger partial charge in [-0.3, -0.25) is 9.48 Å². The summed E-state index contributed by atoms with van der Waals surface area (Å²) in [6, 6.07) is 0.201. The van der Waals surface area contributed by atoms with Crippen LogP contribution in [0.4, 0.5) is 0 Å². The van der Waals surface area contributed by atoms with Crippen LogP contribution in [0.3, 0.4) is 0 Å². The SMILES string of the molecule is Cc1nn(C)c(C)c1OCC(=O)NC1CCCC1CN.Cl. The molecular formula is C14H25ClN4O2. The highest BCUT2D eigenvalue weighted by Gasteiger charge is 2.27. The van der Waals surface area contributed by atoms with Crippen LogP contribution >= 0.6 is 12.4 Å². The number of carbonyl (C=O) groups excluding carboxylic acids is 1. The number of nitrogens with one attached hydrogen (secondary N) is 1. The number of halogens is 1. The van der Waals surface area contributed by atoms with Gasteiger partial charge in [-0.25, -0.2) is 0 Å². The summed E-state index contributed by atoms with van der Waals surface area (Å²) in [6.07, 6.45) is 3.25. The summed E-state index contributed by atoms with van der Waals surface area (Å²) in [5.41, 5.74) is 7.44. The molecule has 0 bridgehead atoms. The van der Waals surface area contributed by atoms with Gasteiger partial charge in [0.2, 0.25) is 0 Å². The van der Waals surface area contributed by atoms with Crippen LogP contribution in [0.2, 0.25) is 0 Å². The maximum atomic E-state index is 12.0. The fourth-order valence-corrected chi connectivity index (χ4v) is 2.86. The molecule has 1 amide bonds. The van der Waals surface area contributed by atoms with Gasteiger partial charge in [-0.1, -0.05) is 6.42 Å². The number of rotatable bonds is 5. The molecule has 6 nitrogen and oxygen atoms in total. The summed E-state index contributed by atoms with van der Waals surface area (Å²) in [7, 11) is 1.86. The molecule has 7 heteroatoms. The number of hydrogen-bond donors (Lipinski definition) is 2. The van der Waals surface area contributed by atoms with Crippen LogP contribution in [0.1, 0.15) is 30.7 Å². The molecule has 1 aromatic heterocycles. The van der Waals surface area contributed by atoms with E-state index in [9.17, 15) is 4.79 Å². The van der Waals surface area contributed by atoms with E-state index in [1.165, 1.54) is 0 Å². The first kappa shape index (κ1) is 17.8. The first-order chi connectivity index (χ1) is 9.52. The minimum atomic E-state index is -0.0852. The van der Waals surface area contributed by atoms with E-state index < -0.39 is 0 Å². The molecule has 1 aromatic rings. The Morgan fingerprint density at radius 2 is 2.19 bits per heavy atom. The Kier molecular flexibility index (Phi) is 6.48. The zero-order valence-corrected chi connectivity index (χ0v) is 13.7. The van der Waals surface area contributed by atoms with Crippen molar-refractivity contribution in [3.63, 3.8) is 0 Å². The molecule has 0 radical (unpaired) electrons. The summed E-state index contributed by atoms with van der Waals surface area (Å²) in [5, 5.41) is 7.29. The molecule has 1 aliphatic rings. The number of nitrogens with two attached hydrogens (primary N) is 1. The Labute approximate surface area is 131 Å². The van der Waals surface area contributed by atoms with Crippen LogP contribution in [0, 0.1) is 19.8 Å². The van der Waals surface area contributed by atoms with Gasteiger partial charge in [-0.05, 0) is 39.2 Å². The third-order valence-corrected chi connectivity index (χ3v) is 4.10. The number of carbonyl (C=O) groups is 1. The summed E-state index contributed by atoms with van der Waals surface area (Å²) < 4.78 is 7.36. The van der Waals surface area contributed by atoms with E-state index in [0.29, 0.717) is 18.2 Å². The predicted octanol–water partition coefficient (Wildman–Crippen LogP) is 1.08. The lowest BCUT2D eigenvalue weighted by atomic mass is 10.0. The van der Waals surface area contributed by atoms with Gasteiger partial charge < -0.3 is 15.8 Å². The van der Waals surface area contributed by atoms with Crippen molar-refractivity contribution >= 4 is 18.3 Å². The second-order valence-corrected chi connectivity index (χ2v) is 5.51. The number of ether oxygens (including phenoxy) is 1. The summed E-state index contributed by atoms with van der Waals surface area (Å²) in [6.45, 7) is 4.46. The summed E-state index contributed by atoms with van der Waals surface area (Å²) in [4.78, 5) is 12.0. The lowest BCUT2D eigenvalue weighted by Crippen LogP contribution is -2.42. The Balaban J connectivity index is 0.00000220. The fourth-order valence-electron chi connectivity index (χ4n) is 2.86. The number of hydrogen-bond acceptors (Lipinski definition) is 4. The molecule has 2 atom stereocenters. The molecule has 1 heterocycles. The quantitative estimate of drug-likeness (QED) is 0.851. The zero-order chi connectivity index (χ0) is 14.7. The monoisotopic (exact) mass is 316 g/mol. The van der Waals surface area contributed by atoms with E-state index in [1.54, 1.807) is 4.68 Å². The van der Waals surface area contributed by atoms with Gasteiger partial charge in [-0.15, -0.1) is 12.4 Å². The largest absolute Gasteiger partial charge is 0.480 e. The second kappa shape index (κ2) is 7.66. The Morgan fingerprint density at radius 3 is 2.76 bits per heavy atom. The van der Waals surface area contributed by atoms with Gasteiger partial charge in [0.05, 0.1) is 5.69 Å². The fraction of sp³-hybridized carbons (Fsp3) is 0.714. The lowest BCUT2D eigenvalue weighted by molar-refractivity contribution is -0.124. The molecule has 1 aliphatic carbocycles. The van der Waals surface area contributed by atoms with Crippen molar-refractivity contribution in [3.8, 4) is 5.75 Å². The highest BCUT2D eigenvalue weighted by molar-refractivity contribution is 5.85. The van der Waals surface area contributed by atoms with Crippen LogP contribution in [0.5, 0.6) is 5.75 Å². The zero-order valence-electron chi connectivity index (χ0n) is 12.9. The Bertz CT molecular complexity index is 490. The number of nitrogens with zero attached hydrogens (tertiary/aromatic N) is 2. The standard InChI is InChI=1S/C14H24N4O2.ClH/c1-9-14(10(2)18(3)17-9)20-8-13(19)16-12-6-4-5-11(12)7-15;/h11-12H,4-8,15H2,1-3H3,(H,16,19);1H. The highest BCUT2D eigenvalue weighted by Crippen LogP contribution is 2.25. The molecule has 2 unspecified atom stereocenters. The van der Waals surface area contributed by atoms with Crippen molar-refractivity contribution in [2.24, 2.45) is 18.7 Å². The van der Waals surface area contributed by atoms with Gasteiger partial charge in [-0.2, -0.15) is 5.10 Å². The van der Waals surface area contributed by atoms with Crippen LogP contribution in [0.15, 0.2) is 0 Å². The van der Waals surface area contributed by atoms with E-state index in [4.69, 9.17) is 10.5 Å². The van der Waals surface area contributed by atoms with Gasteiger partial charge in [0, 0.05) is 13.1 Å². The Hall–Kier alpha value is -1.27. The Morgan fingerprint density at radius 1 is 1.48 bits per heavy atom. The minimum absolute atomic E-state index is 0. The maximum absolute atomic E-state index is 12.0. The van der Waals surface area contributed by atoms with E-state index in [-0.39, 0.29) is 31.0 Å². The average molecular weight is 317 g/mol. The maximum Gasteiger partial charge on any atom is 0.258 e. The molecule has 21 heavy (non-hydrogen) atoms. The van der Waals surface area contributed by atoms with Crippen molar-refractivity contribution in [3.05, 3.63) is 11.4 Å². The summed E-state index contributed by atoms with van der Waals surface area (Å²) >= 11 is 0. The third-order valence-electron chi connectivity index (χ3n) is 4.10. The summed E-state index contributed by atoms with van der Waals surface area (Å²) in [5.74, 6) is 1.02. The second-order valence-electron chi connectivity index (χ2n) is 5.51. The van der Waals surface area contributed by atoms with Crippen molar-refractivity contribution in [2.45, 2.75) is 39.2 Å². The van der Waals surface area contributed by atoms with Crippen molar-refractivity contribution in [1.29, 1.82) is 0 Å². The molecule has 1 fully saturated rings. The normalized spacial score (nSPS) is 21.0. The first-order valence-corrected chi connectivity index (χ1v) is 7.15. The van der Waals surface area contributed by atoms with Crippen LogP contribution in [-0.2, 0) is 11.8 Å². The van der Waals surface area contributed by atoms with E-state index in [0.717, 1.165) is 30.7 Å². The molecule has 3 N–H and O–H groups in total. The number of aromatic nitrogens is 2. The van der Waals surface area contributed by atoms with Gasteiger partial charge in [0.15, 0.2) is 12.4 Å². The third kappa shape index (κ3) is 4.11. The molecule has 1 saturated carbocycles. The average Bonchev–Trinajstić information content (AvgIpc) is 2.94. The predicted molar refractivity (Wildman–Crippen MR) is 83.8 cm³/mol. The molecular weight excluding hydrogens is 292 g/mol.